The minimum absolute atomic E-state index is 0.0827. The average molecular weight is 536 g/mol. The van der Waals surface area contributed by atoms with Crippen molar-refractivity contribution in [1.29, 1.82) is 0 Å². The Hall–Kier alpha value is -3.62. The summed E-state index contributed by atoms with van der Waals surface area (Å²) in [7, 11) is 2.86. The number of halogens is 1. The van der Waals surface area contributed by atoms with Gasteiger partial charge in [0.2, 0.25) is 0 Å². The van der Waals surface area contributed by atoms with Gasteiger partial charge in [0.15, 0.2) is 11.6 Å². The van der Waals surface area contributed by atoms with Gasteiger partial charge in [-0.3, -0.25) is 9.69 Å². The van der Waals surface area contributed by atoms with Crippen LogP contribution in [0.15, 0.2) is 30.3 Å². The normalized spacial score (nSPS) is 22.4. The van der Waals surface area contributed by atoms with Crippen LogP contribution < -0.4 is 9.64 Å². The summed E-state index contributed by atoms with van der Waals surface area (Å²) in [5, 5.41) is 9.55. The smallest absolute Gasteiger partial charge is 0.414 e. The lowest BCUT2D eigenvalue weighted by Gasteiger charge is -2.36. The Bertz CT molecular complexity index is 1450. The minimum atomic E-state index is -0.739. The predicted molar refractivity (Wildman–Crippen MR) is 144 cm³/mol. The fourth-order valence-electron chi connectivity index (χ4n) is 6.78. The van der Waals surface area contributed by atoms with Crippen molar-refractivity contribution in [1.82, 2.24) is 9.55 Å². The summed E-state index contributed by atoms with van der Waals surface area (Å²) in [5.74, 6) is -0.704. The third kappa shape index (κ3) is 4.13. The molecule has 2 aromatic carbocycles. The number of carbonyl (C=O) groups is 2. The Labute approximate surface area is 226 Å². The first kappa shape index (κ1) is 25.6. The molecule has 0 saturated heterocycles. The molecule has 1 spiro atoms. The number of imidazole rings is 1. The summed E-state index contributed by atoms with van der Waals surface area (Å²) in [6.45, 7) is 2.02. The molecule has 3 aliphatic rings. The molecule has 1 amide bonds. The van der Waals surface area contributed by atoms with Gasteiger partial charge in [-0.1, -0.05) is 13.0 Å². The summed E-state index contributed by atoms with van der Waals surface area (Å²) in [4.78, 5) is 31.5. The van der Waals surface area contributed by atoms with Crippen molar-refractivity contribution in [3.8, 4) is 5.75 Å². The van der Waals surface area contributed by atoms with E-state index in [1.807, 2.05) is 30.0 Å². The monoisotopic (exact) mass is 535 g/mol. The van der Waals surface area contributed by atoms with Crippen LogP contribution >= 0.6 is 0 Å². The lowest BCUT2D eigenvalue weighted by Crippen LogP contribution is -2.45. The Morgan fingerprint density at radius 3 is 2.46 bits per heavy atom. The van der Waals surface area contributed by atoms with E-state index in [1.165, 1.54) is 20.3 Å². The Balaban J connectivity index is 1.49. The van der Waals surface area contributed by atoms with Crippen LogP contribution in [0.4, 0.5) is 14.9 Å². The van der Waals surface area contributed by atoms with Crippen LogP contribution in [0.1, 0.15) is 80.8 Å². The number of rotatable bonds is 5. The summed E-state index contributed by atoms with van der Waals surface area (Å²) >= 11 is 0. The number of fused-ring (bicyclic) bond motifs is 3. The fourth-order valence-corrected chi connectivity index (χ4v) is 6.78. The quantitative estimate of drug-likeness (QED) is 0.418. The molecule has 2 heterocycles. The highest BCUT2D eigenvalue weighted by Gasteiger charge is 2.54. The summed E-state index contributed by atoms with van der Waals surface area (Å²) in [6, 6.07) is 9.13. The number of aromatic nitrogens is 2. The minimum Gasteiger partial charge on any atom is -0.494 e. The van der Waals surface area contributed by atoms with E-state index in [0.29, 0.717) is 12.8 Å². The highest BCUT2D eigenvalue weighted by molar-refractivity contribution is 5.97. The SMILES string of the molecule is COC(=O)N1c2ccc3c(nc(C(C)c4ccc(OC)c(F)c4)n3C3CCC(C(=O)O)CC3)c2CCC12CC2. The zero-order valence-electron chi connectivity index (χ0n) is 22.6. The van der Waals surface area contributed by atoms with Crippen LogP contribution in [0.2, 0.25) is 0 Å². The second kappa shape index (κ2) is 9.54. The Kier molecular flexibility index (Phi) is 6.27. The highest BCUT2D eigenvalue weighted by atomic mass is 19.1. The molecule has 8 nitrogen and oxygen atoms in total. The molecule has 39 heavy (non-hydrogen) atoms. The van der Waals surface area contributed by atoms with Crippen LogP contribution in [0.3, 0.4) is 0 Å². The van der Waals surface area contributed by atoms with Crippen molar-refractivity contribution in [2.75, 3.05) is 19.1 Å². The molecule has 0 bridgehead atoms. The number of ether oxygens (including phenoxy) is 2. The third-order valence-corrected chi connectivity index (χ3v) is 9.18. The fraction of sp³-hybridized carbons (Fsp3) is 0.500. The van der Waals surface area contributed by atoms with Crippen molar-refractivity contribution in [3.63, 3.8) is 0 Å². The Morgan fingerprint density at radius 2 is 1.85 bits per heavy atom. The molecule has 6 rings (SSSR count). The van der Waals surface area contributed by atoms with Crippen molar-refractivity contribution in [2.24, 2.45) is 5.92 Å². The van der Waals surface area contributed by atoms with Crippen molar-refractivity contribution >= 4 is 28.8 Å². The number of aliphatic carboxylic acids is 1. The van der Waals surface area contributed by atoms with Gasteiger partial charge in [0.05, 0.1) is 42.4 Å². The zero-order chi connectivity index (χ0) is 27.5. The molecule has 2 fully saturated rings. The van der Waals surface area contributed by atoms with E-state index < -0.39 is 11.8 Å². The largest absolute Gasteiger partial charge is 0.494 e. The average Bonchev–Trinajstić information content (AvgIpc) is 3.60. The lowest BCUT2D eigenvalue weighted by atomic mass is 9.85. The van der Waals surface area contributed by atoms with E-state index in [1.54, 1.807) is 6.07 Å². The molecule has 1 N–H and O–H groups in total. The number of aryl methyl sites for hydroxylation is 1. The number of hydrogen-bond donors (Lipinski definition) is 1. The summed E-state index contributed by atoms with van der Waals surface area (Å²) in [6.07, 6.45) is 5.93. The molecular weight excluding hydrogens is 501 g/mol. The van der Waals surface area contributed by atoms with Crippen molar-refractivity contribution in [2.45, 2.75) is 75.8 Å². The number of carboxylic acids is 1. The van der Waals surface area contributed by atoms with E-state index >= 15 is 0 Å². The zero-order valence-corrected chi connectivity index (χ0v) is 22.6. The molecular formula is C30H34FN3O5. The molecule has 9 heteroatoms. The van der Waals surface area contributed by atoms with Gasteiger partial charge in [0.1, 0.15) is 5.82 Å². The maximum absolute atomic E-state index is 14.7. The third-order valence-electron chi connectivity index (χ3n) is 9.18. The number of benzene rings is 2. The molecule has 2 aliphatic carbocycles. The van der Waals surface area contributed by atoms with Gasteiger partial charge >= 0.3 is 12.1 Å². The van der Waals surface area contributed by atoms with Crippen LogP contribution in [0.25, 0.3) is 11.0 Å². The van der Waals surface area contributed by atoms with E-state index in [9.17, 15) is 19.1 Å². The van der Waals surface area contributed by atoms with Crippen molar-refractivity contribution in [3.05, 3.63) is 53.1 Å². The van der Waals surface area contributed by atoms with Crippen molar-refractivity contribution < 1.29 is 28.6 Å². The van der Waals surface area contributed by atoms with Gasteiger partial charge in [0, 0.05) is 17.5 Å². The first-order valence-corrected chi connectivity index (χ1v) is 13.8. The first-order chi connectivity index (χ1) is 18.8. The first-order valence-electron chi connectivity index (χ1n) is 13.8. The maximum atomic E-state index is 14.7. The van der Waals surface area contributed by atoms with E-state index in [-0.39, 0.29) is 35.3 Å². The molecule has 1 unspecified atom stereocenters. The molecule has 1 aromatic heterocycles. The second-order valence-electron chi connectivity index (χ2n) is 11.3. The van der Waals surface area contributed by atoms with Crippen LogP contribution in [-0.4, -0.2) is 46.5 Å². The number of hydrogen-bond acceptors (Lipinski definition) is 5. The molecule has 0 radical (unpaired) electrons. The van der Waals surface area contributed by atoms with E-state index in [4.69, 9.17) is 14.5 Å². The number of methoxy groups -OCH3 is 2. The van der Waals surface area contributed by atoms with Crippen LogP contribution in [-0.2, 0) is 16.0 Å². The Morgan fingerprint density at radius 1 is 1.10 bits per heavy atom. The lowest BCUT2D eigenvalue weighted by molar-refractivity contribution is -0.143. The molecule has 1 aliphatic heterocycles. The van der Waals surface area contributed by atoms with Gasteiger partial charge in [0.25, 0.3) is 0 Å². The van der Waals surface area contributed by atoms with E-state index in [2.05, 4.69) is 4.57 Å². The summed E-state index contributed by atoms with van der Waals surface area (Å²) in [5.41, 5.74) is 4.33. The molecule has 3 aromatic rings. The van der Waals surface area contributed by atoms with Gasteiger partial charge < -0.3 is 19.1 Å². The number of anilines is 1. The number of nitrogens with zero attached hydrogens (tertiary/aromatic N) is 3. The summed E-state index contributed by atoms with van der Waals surface area (Å²) < 4.78 is 27.3. The standard InChI is InChI=1S/C30H34FN3O5/c1-17(19-6-11-25(38-2)22(31)16-19)27-32-26-21-12-13-30(14-15-30)34(29(37)39-3)23(21)9-10-24(26)33(27)20-7-4-18(5-8-20)28(35)36/h6,9-11,16-18,20H,4-5,7-8,12-15H2,1-3H3,(H,35,36). The van der Waals surface area contributed by atoms with Gasteiger partial charge in [-0.2, -0.15) is 0 Å². The van der Waals surface area contributed by atoms with Gasteiger partial charge in [-0.25, -0.2) is 14.2 Å². The second-order valence-corrected chi connectivity index (χ2v) is 11.3. The van der Waals surface area contributed by atoms with E-state index in [0.717, 1.165) is 72.2 Å². The number of carboxylic acid groups (broad SMARTS) is 1. The van der Waals surface area contributed by atoms with Crippen LogP contribution in [0.5, 0.6) is 5.75 Å². The van der Waals surface area contributed by atoms with Gasteiger partial charge in [-0.15, -0.1) is 0 Å². The molecule has 2 saturated carbocycles. The van der Waals surface area contributed by atoms with Gasteiger partial charge in [-0.05, 0) is 81.2 Å². The van der Waals surface area contributed by atoms with Crippen LogP contribution in [0, 0.1) is 11.7 Å². The highest BCUT2D eigenvalue weighted by Crippen LogP contribution is 2.53. The topological polar surface area (TPSA) is 93.9 Å². The molecule has 206 valence electrons. The number of carbonyl (C=O) groups excluding carboxylic acids is 1. The number of amides is 1. The maximum Gasteiger partial charge on any atom is 0.414 e. The molecule has 1 atom stereocenters. The predicted octanol–water partition coefficient (Wildman–Crippen LogP) is 6.20.